The number of rotatable bonds is 4. The fourth-order valence-corrected chi connectivity index (χ4v) is 1.91. The quantitative estimate of drug-likeness (QED) is 0.746. The summed E-state index contributed by atoms with van der Waals surface area (Å²) in [5.74, 6) is -0.252. The number of nitrogens with zero attached hydrogens (tertiary/aromatic N) is 1. The minimum absolute atomic E-state index is 0.0849. The van der Waals surface area contributed by atoms with Crippen LogP contribution in [0.15, 0.2) is 24.5 Å². The van der Waals surface area contributed by atoms with Crippen molar-refractivity contribution in [3.05, 3.63) is 40.9 Å². The molecule has 0 spiro atoms. The van der Waals surface area contributed by atoms with Crippen LogP contribution in [-0.4, -0.2) is 34.1 Å². The van der Waals surface area contributed by atoms with E-state index in [1.165, 1.54) is 0 Å². The molecule has 2 rings (SSSR count). The highest BCUT2D eigenvalue weighted by atomic mass is 35.5. The topological polar surface area (TPSA) is 78.0 Å². The van der Waals surface area contributed by atoms with E-state index in [9.17, 15) is 4.79 Å². The van der Waals surface area contributed by atoms with Crippen molar-refractivity contribution in [2.24, 2.45) is 0 Å². The van der Waals surface area contributed by atoms with Crippen molar-refractivity contribution in [3.63, 3.8) is 0 Å². The van der Waals surface area contributed by atoms with Crippen LogP contribution in [0.3, 0.4) is 0 Å². The van der Waals surface area contributed by atoms with E-state index >= 15 is 0 Å². The highest BCUT2D eigenvalue weighted by Gasteiger charge is 2.10. The Morgan fingerprint density at radius 3 is 3.05 bits per heavy atom. The molecule has 0 saturated heterocycles. The number of aromatic amines is 1. The van der Waals surface area contributed by atoms with E-state index in [0.29, 0.717) is 10.8 Å². The van der Waals surface area contributed by atoms with Gasteiger partial charge in [0, 0.05) is 24.5 Å². The summed E-state index contributed by atoms with van der Waals surface area (Å²) < 4.78 is 0. The summed E-state index contributed by atoms with van der Waals surface area (Å²) in [6.45, 7) is 2.07. The number of aliphatic hydroxyl groups is 1. The molecule has 1 amide bonds. The number of H-pyrrole nitrogens is 1. The molecule has 0 bridgehead atoms. The maximum atomic E-state index is 11.7. The van der Waals surface area contributed by atoms with Gasteiger partial charge < -0.3 is 15.4 Å². The lowest BCUT2D eigenvalue weighted by molar-refractivity contribution is 0.0940. The van der Waals surface area contributed by atoms with Gasteiger partial charge in [-0.15, -0.1) is 0 Å². The Labute approximate surface area is 115 Å². The first-order chi connectivity index (χ1) is 9.11. The van der Waals surface area contributed by atoms with E-state index in [1.54, 1.807) is 24.5 Å². The highest BCUT2D eigenvalue weighted by Crippen LogP contribution is 2.25. The molecule has 19 heavy (non-hydrogen) atoms. The van der Waals surface area contributed by atoms with Gasteiger partial charge in [0.1, 0.15) is 10.8 Å². The molecule has 5 nitrogen and oxygen atoms in total. The maximum absolute atomic E-state index is 11.7. The van der Waals surface area contributed by atoms with Gasteiger partial charge in [-0.05, 0) is 30.2 Å². The van der Waals surface area contributed by atoms with Gasteiger partial charge in [-0.1, -0.05) is 11.6 Å². The van der Waals surface area contributed by atoms with Crippen molar-refractivity contribution in [2.75, 3.05) is 13.2 Å². The Morgan fingerprint density at radius 2 is 2.32 bits per heavy atom. The second kappa shape index (κ2) is 5.86. The summed E-state index contributed by atoms with van der Waals surface area (Å²) in [6.07, 6.45) is 3.43. The van der Waals surface area contributed by atoms with E-state index in [1.807, 2.05) is 6.92 Å². The second-order valence-electron chi connectivity index (χ2n) is 4.10. The Bertz CT molecular complexity index is 595. The number of carbonyl (C=O) groups is 1. The lowest BCUT2D eigenvalue weighted by atomic mass is 10.1. The molecule has 0 aromatic carbocycles. The number of amides is 1. The molecule has 0 fully saturated rings. The number of aryl methyl sites for hydroxylation is 1. The number of carbonyl (C=O) groups excluding carboxylic acids is 1. The standard InChI is InChI=1S/C13H14ClN3O2/c1-8-6-17-12(14)5-10(8)9-4-11(16-7-9)13(19)15-2-3-18/h4-7,16,18H,2-3H2,1H3,(H,15,19). The molecule has 100 valence electrons. The minimum Gasteiger partial charge on any atom is -0.395 e. The normalized spacial score (nSPS) is 10.5. The van der Waals surface area contributed by atoms with E-state index < -0.39 is 0 Å². The molecule has 3 N–H and O–H groups in total. The molecule has 0 aliphatic heterocycles. The lowest BCUT2D eigenvalue weighted by Crippen LogP contribution is -2.26. The molecule has 0 radical (unpaired) electrons. The first-order valence-electron chi connectivity index (χ1n) is 5.82. The van der Waals surface area contributed by atoms with E-state index in [4.69, 9.17) is 16.7 Å². The van der Waals surface area contributed by atoms with Crippen molar-refractivity contribution >= 4 is 17.5 Å². The van der Waals surface area contributed by atoms with Gasteiger partial charge in [0.05, 0.1) is 6.61 Å². The van der Waals surface area contributed by atoms with Crippen molar-refractivity contribution in [1.29, 1.82) is 0 Å². The van der Waals surface area contributed by atoms with Crippen molar-refractivity contribution < 1.29 is 9.90 Å². The molecule has 0 saturated carbocycles. The second-order valence-corrected chi connectivity index (χ2v) is 4.49. The van der Waals surface area contributed by atoms with Crippen LogP contribution < -0.4 is 5.32 Å². The molecular weight excluding hydrogens is 266 g/mol. The lowest BCUT2D eigenvalue weighted by Gasteiger charge is -2.03. The van der Waals surface area contributed by atoms with Crippen LogP contribution in [0.1, 0.15) is 16.1 Å². The molecule has 2 heterocycles. The molecule has 2 aromatic heterocycles. The Morgan fingerprint density at radius 1 is 1.53 bits per heavy atom. The fraction of sp³-hybridized carbons (Fsp3) is 0.231. The molecule has 0 atom stereocenters. The number of aromatic nitrogens is 2. The highest BCUT2D eigenvalue weighted by molar-refractivity contribution is 6.29. The number of hydrogen-bond acceptors (Lipinski definition) is 3. The molecule has 0 aliphatic carbocycles. The van der Waals surface area contributed by atoms with Crippen molar-refractivity contribution in [2.45, 2.75) is 6.92 Å². The Kier molecular flexibility index (Phi) is 4.19. The zero-order valence-electron chi connectivity index (χ0n) is 10.4. The predicted molar refractivity (Wildman–Crippen MR) is 73.2 cm³/mol. The van der Waals surface area contributed by atoms with Crippen LogP contribution in [0.25, 0.3) is 11.1 Å². The van der Waals surface area contributed by atoms with Gasteiger partial charge in [0.15, 0.2) is 0 Å². The molecule has 2 aromatic rings. The van der Waals surface area contributed by atoms with Crippen LogP contribution in [0.4, 0.5) is 0 Å². The van der Waals surface area contributed by atoms with E-state index in [2.05, 4.69) is 15.3 Å². The SMILES string of the molecule is Cc1cnc(Cl)cc1-c1c[nH]c(C(=O)NCCO)c1. The Hall–Kier alpha value is -1.85. The van der Waals surface area contributed by atoms with Gasteiger partial charge in [0.2, 0.25) is 0 Å². The summed E-state index contributed by atoms with van der Waals surface area (Å²) in [7, 11) is 0. The summed E-state index contributed by atoms with van der Waals surface area (Å²) >= 11 is 5.88. The molecule has 6 heteroatoms. The number of nitrogens with one attached hydrogen (secondary N) is 2. The fourth-order valence-electron chi connectivity index (χ4n) is 1.75. The average Bonchev–Trinajstić information content (AvgIpc) is 2.88. The Balaban J connectivity index is 2.25. The first-order valence-corrected chi connectivity index (χ1v) is 6.19. The van der Waals surface area contributed by atoms with E-state index in [-0.39, 0.29) is 19.1 Å². The monoisotopic (exact) mass is 279 g/mol. The predicted octanol–water partition coefficient (Wildman–Crippen LogP) is 1.76. The number of pyridine rings is 1. The first kappa shape index (κ1) is 13.6. The summed E-state index contributed by atoms with van der Waals surface area (Å²) in [5.41, 5.74) is 3.22. The maximum Gasteiger partial charge on any atom is 0.267 e. The van der Waals surface area contributed by atoms with Crippen LogP contribution in [0.5, 0.6) is 0 Å². The molecule has 0 unspecified atom stereocenters. The van der Waals surface area contributed by atoms with Crippen molar-refractivity contribution in [1.82, 2.24) is 15.3 Å². The summed E-state index contributed by atoms with van der Waals surface area (Å²) in [6, 6.07) is 3.50. The smallest absolute Gasteiger partial charge is 0.267 e. The van der Waals surface area contributed by atoms with Gasteiger partial charge in [-0.25, -0.2) is 4.98 Å². The zero-order chi connectivity index (χ0) is 13.8. The third-order valence-corrected chi connectivity index (χ3v) is 2.91. The average molecular weight is 280 g/mol. The minimum atomic E-state index is -0.252. The molecular formula is C13H14ClN3O2. The number of aliphatic hydroxyl groups excluding tert-OH is 1. The third-order valence-electron chi connectivity index (χ3n) is 2.71. The van der Waals surface area contributed by atoms with Gasteiger partial charge >= 0.3 is 0 Å². The summed E-state index contributed by atoms with van der Waals surface area (Å²) in [4.78, 5) is 18.6. The third kappa shape index (κ3) is 3.13. The van der Waals surface area contributed by atoms with E-state index in [0.717, 1.165) is 16.7 Å². The summed E-state index contributed by atoms with van der Waals surface area (Å²) in [5, 5.41) is 11.7. The number of hydrogen-bond donors (Lipinski definition) is 3. The van der Waals surface area contributed by atoms with Gasteiger partial charge in [-0.2, -0.15) is 0 Å². The van der Waals surface area contributed by atoms with Gasteiger partial charge in [-0.3, -0.25) is 4.79 Å². The van der Waals surface area contributed by atoms with Crippen molar-refractivity contribution in [3.8, 4) is 11.1 Å². The van der Waals surface area contributed by atoms with Crippen LogP contribution in [0, 0.1) is 6.92 Å². The zero-order valence-corrected chi connectivity index (χ0v) is 11.2. The number of halogens is 1. The van der Waals surface area contributed by atoms with Crippen LogP contribution in [-0.2, 0) is 0 Å². The van der Waals surface area contributed by atoms with Crippen LogP contribution >= 0.6 is 11.6 Å². The van der Waals surface area contributed by atoms with Gasteiger partial charge in [0.25, 0.3) is 5.91 Å². The molecule has 0 aliphatic rings. The van der Waals surface area contributed by atoms with Crippen LogP contribution in [0.2, 0.25) is 5.15 Å². The largest absolute Gasteiger partial charge is 0.395 e.